The Balaban J connectivity index is 1.47. The number of carbonyl (C=O) groups excluding carboxylic acids is 2. The van der Waals surface area contributed by atoms with Crippen molar-refractivity contribution in [2.45, 2.75) is 44.6 Å². The lowest BCUT2D eigenvalue weighted by Gasteiger charge is -2.42. The highest BCUT2D eigenvalue weighted by molar-refractivity contribution is 5.84. The molecular weight excluding hydrogens is 397 g/mol. The Bertz CT molecular complexity index is 773. The third kappa shape index (κ3) is 5.09. The molecule has 2 atom stereocenters. The summed E-state index contributed by atoms with van der Waals surface area (Å²) in [4.78, 5) is 29.9. The van der Waals surface area contributed by atoms with Crippen LogP contribution in [0.5, 0.6) is 0 Å². The van der Waals surface area contributed by atoms with E-state index in [0.717, 1.165) is 51.3 Å². The van der Waals surface area contributed by atoms with E-state index in [0.29, 0.717) is 19.4 Å². The fourth-order valence-corrected chi connectivity index (χ4v) is 5.44. The molecule has 3 fully saturated rings. The van der Waals surface area contributed by atoms with Crippen molar-refractivity contribution >= 4 is 11.8 Å². The van der Waals surface area contributed by atoms with Crippen LogP contribution in [0.15, 0.2) is 24.3 Å². The molecule has 0 saturated carbocycles. The normalized spacial score (nSPS) is 26.8. The third-order valence-corrected chi connectivity index (χ3v) is 7.36. The van der Waals surface area contributed by atoms with Crippen LogP contribution in [0.3, 0.4) is 0 Å². The summed E-state index contributed by atoms with van der Waals surface area (Å²) in [6.07, 6.45) is 5.28. The van der Waals surface area contributed by atoms with Gasteiger partial charge in [0.15, 0.2) is 0 Å². The Kier molecular flexibility index (Phi) is 6.92. The van der Waals surface area contributed by atoms with E-state index in [4.69, 9.17) is 4.74 Å². The number of rotatable bonds is 6. The average molecular weight is 432 g/mol. The maximum atomic E-state index is 13.4. The van der Waals surface area contributed by atoms with Crippen molar-refractivity contribution in [1.29, 1.82) is 0 Å². The predicted molar refractivity (Wildman–Crippen MR) is 116 cm³/mol. The summed E-state index contributed by atoms with van der Waals surface area (Å²) in [6.45, 7) is 5.39. The van der Waals surface area contributed by atoms with Gasteiger partial charge in [-0.1, -0.05) is 12.1 Å². The Morgan fingerprint density at radius 2 is 1.87 bits per heavy atom. The zero-order valence-electron chi connectivity index (χ0n) is 18.4. The van der Waals surface area contributed by atoms with Crippen LogP contribution in [0.4, 0.5) is 4.39 Å². The lowest BCUT2D eigenvalue weighted by Crippen LogP contribution is -2.51. The number of hydrogen-bond donors (Lipinski definition) is 1. The molecule has 0 spiro atoms. The van der Waals surface area contributed by atoms with Crippen LogP contribution in [0.25, 0.3) is 0 Å². The molecule has 2 unspecified atom stereocenters. The SMILES string of the molecule is CN1C(=O)CCC(C(=O)NCC2(CN3CCCC3)CCOCC2)C1c1ccc(F)cc1. The quantitative estimate of drug-likeness (QED) is 0.753. The Labute approximate surface area is 184 Å². The number of carbonyl (C=O) groups is 2. The molecule has 0 bridgehead atoms. The van der Waals surface area contributed by atoms with Crippen molar-refractivity contribution < 1.29 is 18.7 Å². The highest BCUT2D eigenvalue weighted by Gasteiger charge is 2.41. The largest absolute Gasteiger partial charge is 0.381 e. The molecule has 0 radical (unpaired) electrons. The van der Waals surface area contributed by atoms with Crippen molar-refractivity contribution in [2.24, 2.45) is 11.3 Å². The van der Waals surface area contributed by atoms with Crippen LogP contribution >= 0.6 is 0 Å². The maximum Gasteiger partial charge on any atom is 0.225 e. The molecule has 1 N–H and O–H groups in total. The standard InChI is InChI=1S/C24H34FN3O3/c1-27-21(29)9-8-20(22(27)18-4-6-19(25)7-5-18)23(30)26-16-24(10-14-31-15-11-24)17-28-12-2-3-13-28/h4-7,20,22H,2-3,8-17H2,1H3,(H,26,30). The minimum Gasteiger partial charge on any atom is -0.381 e. The molecule has 170 valence electrons. The minimum absolute atomic E-state index is 0.0130. The molecule has 1 aromatic rings. The summed E-state index contributed by atoms with van der Waals surface area (Å²) in [5.41, 5.74) is 0.843. The van der Waals surface area contributed by atoms with E-state index >= 15 is 0 Å². The number of hydrogen-bond acceptors (Lipinski definition) is 4. The van der Waals surface area contributed by atoms with Crippen LogP contribution in [0.2, 0.25) is 0 Å². The van der Waals surface area contributed by atoms with E-state index in [1.165, 1.54) is 25.0 Å². The summed E-state index contributed by atoms with van der Waals surface area (Å²) >= 11 is 0. The monoisotopic (exact) mass is 431 g/mol. The van der Waals surface area contributed by atoms with Gasteiger partial charge in [-0.25, -0.2) is 4.39 Å². The smallest absolute Gasteiger partial charge is 0.225 e. The first kappa shape index (κ1) is 22.2. The summed E-state index contributed by atoms with van der Waals surface area (Å²) in [5, 5.41) is 3.25. The summed E-state index contributed by atoms with van der Waals surface area (Å²) in [6, 6.07) is 5.78. The number of likely N-dealkylation sites (tertiary alicyclic amines) is 2. The van der Waals surface area contributed by atoms with Crippen molar-refractivity contribution in [2.75, 3.05) is 46.4 Å². The molecule has 31 heavy (non-hydrogen) atoms. The predicted octanol–water partition coefficient (Wildman–Crippen LogP) is 2.74. The van der Waals surface area contributed by atoms with Crippen molar-refractivity contribution in [3.05, 3.63) is 35.6 Å². The van der Waals surface area contributed by atoms with Gasteiger partial charge in [-0.3, -0.25) is 9.59 Å². The van der Waals surface area contributed by atoms with Crippen LogP contribution in [0, 0.1) is 17.2 Å². The highest BCUT2D eigenvalue weighted by atomic mass is 19.1. The van der Waals surface area contributed by atoms with Crippen LogP contribution < -0.4 is 5.32 Å². The first-order valence-electron chi connectivity index (χ1n) is 11.6. The number of amides is 2. The van der Waals surface area contributed by atoms with Crippen LogP contribution in [-0.2, 0) is 14.3 Å². The first-order chi connectivity index (χ1) is 15.0. The highest BCUT2D eigenvalue weighted by Crippen LogP contribution is 2.37. The van der Waals surface area contributed by atoms with Gasteiger partial charge in [-0.2, -0.15) is 0 Å². The number of nitrogens with zero attached hydrogens (tertiary/aromatic N) is 2. The number of benzene rings is 1. The molecule has 2 amide bonds. The van der Waals surface area contributed by atoms with E-state index in [1.54, 1.807) is 24.1 Å². The maximum absolute atomic E-state index is 13.4. The van der Waals surface area contributed by atoms with Gasteiger partial charge >= 0.3 is 0 Å². The molecule has 3 saturated heterocycles. The molecule has 1 aromatic carbocycles. The molecule has 6 nitrogen and oxygen atoms in total. The third-order valence-electron chi connectivity index (χ3n) is 7.36. The topological polar surface area (TPSA) is 61.9 Å². The van der Waals surface area contributed by atoms with E-state index in [2.05, 4.69) is 10.2 Å². The second kappa shape index (κ2) is 9.65. The van der Waals surface area contributed by atoms with Gasteiger partial charge in [0.1, 0.15) is 5.82 Å². The number of nitrogens with one attached hydrogen (secondary N) is 1. The van der Waals surface area contributed by atoms with Crippen LogP contribution in [0.1, 0.15) is 50.1 Å². The number of piperidine rings is 1. The minimum atomic E-state index is -0.369. The molecule has 7 heteroatoms. The second-order valence-corrected chi connectivity index (χ2v) is 9.46. The summed E-state index contributed by atoms with van der Waals surface area (Å²) in [5.74, 6) is -0.649. The van der Waals surface area contributed by atoms with E-state index in [1.807, 2.05) is 0 Å². The summed E-state index contributed by atoms with van der Waals surface area (Å²) < 4.78 is 19.1. The second-order valence-electron chi connectivity index (χ2n) is 9.46. The van der Waals surface area contributed by atoms with Crippen molar-refractivity contribution in [3.8, 4) is 0 Å². The zero-order chi connectivity index (χ0) is 21.8. The Morgan fingerprint density at radius 3 is 2.55 bits per heavy atom. The molecule has 4 rings (SSSR count). The van der Waals surface area contributed by atoms with E-state index in [-0.39, 0.29) is 35.0 Å². The van der Waals surface area contributed by atoms with Gasteiger partial charge in [0.2, 0.25) is 11.8 Å². The summed E-state index contributed by atoms with van der Waals surface area (Å²) in [7, 11) is 1.74. The molecule has 3 aliphatic rings. The van der Waals surface area contributed by atoms with Gasteiger partial charge in [-0.15, -0.1) is 0 Å². The van der Waals surface area contributed by atoms with Crippen molar-refractivity contribution in [3.63, 3.8) is 0 Å². The molecular formula is C24H34FN3O3. The van der Waals surface area contributed by atoms with Gasteiger partial charge in [0.05, 0.1) is 12.0 Å². The Hall–Kier alpha value is -1.99. The van der Waals surface area contributed by atoms with E-state index < -0.39 is 0 Å². The molecule has 3 heterocycles. The van der Waals surface area contributed by atoms with Gasteiger partial charge < -0.3 is 19.9 Å². The first-order valence-corrected chi connectivity index (χ1v) is 11.6. The average Bonchev–Trinajstić information content (AvgIpc) is 3.28. The van der Waals surface area contributed by atoms with Gasteiger partial charge in [-0.05, 0) is 62.9 Å². The zero-order valence-corrected chi connectivity index (χ0v) is 18.4. The number of ether oxygens (including phenoxy) is 1. The Morgan fingerprint density at radius 1 is 1.19 bits per heavy atom. The fraction of sp³-hybridized carbons (Fsp3) is 0.667. The van der Waals surface area contributed by atoms with Gasteiger partial charge in [0.25, 0.3) is 0 Å². The molecule has 0 aliphatic carbocycles. The fourth-order valence-electron chi connectivity index (χ4n) is 5.44. The van der Waals surface area contributed by atoms with Gasteiger partial charge in [0, 0.05) is 45.2 Å². The van der Waals surface area contributed by atoms with E-state index in [9.17, 15) is 14.0 Å². The van der Waals surface area contributed by atoms with Crippen molar-refractivity contribution in [1.82, 2.24) is 15.1 Å². The molecule has 3 aliphatic heterocycles. The number of halogens is 1. The van der Waals surface area contributed by atoms with Crippen LogP contribution in [-0.4, -0.2) is 68.1 Å². The molecule has 0 aromatic heterocycles. The lowest BCUT2D eigenvalue weighted by molar-refractivity contribution is -0.142. The lowest BCUT2D eigenvalue weighted by atomic mass is 9.78.